The average Bonchev–Trinajstić information content (AvgIpc) is 3.16. The van der Waals surface area contributed by atoms with Crippen molar-refractivity contribution in [3.8, 4) is 11.5 Å². The standard InChI is InChI=1S/C27H23N3O7S/c1-3-36-23-13-18(9-12-22(23)37-16-17-7-10-21(11-8-17)30(34)35)14-24-25(31)29(2)27(38-24)28-20-6-4-5-19(15-20)26(32)33/h4-15H,3,16H2,1-2H3,(H,32,33). The molecular weight excluding hydrogens is 510 g/mol. The summed E-state index contributed by atoms with van der Waals surface area (Å²) < 4.78 is 11.6. The van der Waals surface area contributed by atoms with Crippen molar-refractivity contribution < 1.29 is 29.1 Å². The molecule has 1 heterocycles. The van der Waals surface area contributed by atoms with Gasteiger partial charge in [0.2, 0.25) is 0 Å². The second-order valence-electron chi connectivity index (χ2n) is 8.08. The number of aliphatic imine (C=N–C) groups is 1. The number of hydrogen-bond donors (Lipinski definition) is 1. The number of carboxylic acids is 1. The highest BCUT2D eigenvalue weighted by Gasteiger charge is 2.30. The van der Waals surface area contributed by atoms with Crippen molar-refractivity contribution in [2.24, 2.45) is 4.99 Å². The van der Waals surface area contributed by atoms with Crippen LogP contribution in [0.25, 0.3) is 6.08 Å². The fraction of sp³-hybridized carbons (Fsp3) is 0.148. The van der Waals surface area contributed by atoms with Gasteiger partial charge in [-0.15, -0.1) is 0 Å². The molecule has 4 rings (SSSR count). The van der Waals surface area contributed by atoms with Crippen LogP contribution >= 0.6 is 11.8 Å². The Morgan fingerprint density at radius 1 is 1.11 bits per heavy atom. The first kappa shape index (κ1) is 26.4. The van der Waals surface area contributed by atoms with Gasteiger partial charge in [-0.2, -0.15) is 0 Å². The summed E-state index contributed by atoms with van der Waals surface area (Å²) in [5.74, 6) is -0.302. The van der Waals surface area contributed by atoms with Crippen LogP contribution in [0.2, 0.25) is 0 Å². The molecule has 1 aliphatic heterocycles. The summed E-state index contributed by atoms with van der Waals surface area (Å²) in [7, 11) is 1.61. The third kappa shape index (κ3) is 6.19. The molecule has 0 bridgehead atoms. The Morgan fingerprint density at radius 2 is 1.87 bits per heavy atom. The number of non-ortho nitro benzene ring substituents is 1. The monoisotopic (exact) mass is 533 g/mol. The lowest BCUT2D eigenvalue weighted by Crippen LogP contribution is -2.23. The third-order valence-corrected chi connectivity index (χ3v) is 6.49. The van der Waals surface area contributed by atoms with Gasteiger partial charge >= 0.3 is 5.97 Å². The smallest absolute Gasteiger partial charge is 0.335 e. The molecule has 3 aromatic rings. The normalized spacial score (nSPS) is 15.2. The number of nitro groups is 1. The molecule has 0 aromatic heterocycles. The number of nitro benzene ring substituents is 1. The van der Waals surface area contributed by atoms with Crippen LogP contribution in [0.4, 0.5) is 11.4 Å². The number of carbonyl (C=O) groups excluding carboxylic acids is 1. The first-order chi connectivity index (χ1) is 18.2. The average molecular weight is 534 g/mol. The zero-order chi connectivity index (χ0) is 27.2. The van der Waals surface area contributed by atoms with Gasteiger partial charge in [-0.1, -0.05) is 12.1 Å². The highest BCUT2D eigenvalue weighted by molar-refractivity contribution is 8.18. The number of benzene rings is 3. The number of nitrogens with zero attached hydrogens (tertiary/aromatic N) is 3. The summed E-state index contributed by atoms with van der Waals surface area (Å²) in [4.78, 5) is 40.8. The molecule has 0 atom stereocenters. The van der Waals surface area contributed by atoms with Crippen LogP contribution in [0.15, 0.2) is 76.6 Å². The highest BCUT2D eigenvalue weighted by atomic mass is 32.2. The summed E-state index contributed by atoms with van der Waals surface area (Å²) in [5.41, 5.74) is 2.03. The second kappa shape index (κ2) is 11.6. The minimum Gasteiger partial charge on any atom is -0.490 e. The minimum absolute atomic E-state index is 0.00750. The molecule has 10 nitrogen and oxygen atoms in total. The van der Waals surface area contributed by atoms with E-state index in [0.29, 0.717) is 33.9 Å². The molecule has 0 aliphatic carbocycles. The molecule has 38 heavy (non-hydrogen) atoms. The quantitative estimate of drug-likeness (QED) is 0.217. The van der Waals surface area contributed by atoms with E-state index in [1.807, 2.05) is 6.92 Å². The molecule has 0 unspecified atom stereocenters. The van der Waals surface area contributed by atoms with Crippen LogP contribution in [-0.4, -0.2) is 45.6 Å². The molecule has 0 spiro atoms. The summed E-state index contributed by atoms with van der Waals surface area (Å²) >= 11 is 1.18. The van der Waals surface area contributed by atoms with Gasteiger partial charge in [0.25, 0.3) is 11.6 Å². The van der Waals surface area contributed by atoms with Gasteiger partial charge < -0.3 is 14.6 Å². The van der Waals surface area contributed by atoms with Crippen LogP contribution in [0, 0.1) is 10.1 Å². The maximum Gasteiger partial charge on any atom is 0.335 e. The van der Waals surface area contributed by atoms with Crippen molar-refractivity contribution in [2.75, 3.05) is 13.7 Å². The van der Waals surface area contributed by atoms with Gasteiger partial charge in [0, 0.05) is 19.2 Å². The lowest BCUT2D eigenvalue weighted by atomic mass is 10.1. The zero-order valence-corrected chi connectivity index (χ0v) is 21.3. The molecule has 1 N–H and O–H groups in total. The fourth-order valence-corrected chi connectivity index (χ4v) is 4.49. The predicted octanol–water partition coefficient (Wildman–Crippen LogP) is 5.50. The number of amides is 1. The van der Waals surface area contributed by atoms with Crippen molar-refractivity contribution in [3.05, 3.63) is 98.4 Å². The number of thioether (sulfide) groups is 1. The lowest BCUT2D eigenvalue weighted by Gasteiger charge is -2.13. The van der Waals surface area contributed by atoms with Crippen LogP contribution in [0.3, 0.4) is 0 Å². The van der Waals surface area contributed by atoms with E-state index >= 15 is 0 Å². The number of ether oxygens (including phenoxy) is 2. The Bertz CT molecular complexity index is 1450. The number of likely N-dealkylation sites (N-methyl/N-ethyl adjacent to an activating group) is 1. The molecule has 194 valence electrons. The Kier molecular flexibility index (Phi) is 8.07. The van der Waals surface area contributed by atoms with Crippen molar-refractivity contribution in [3.63, 3.8) is 0 Å². The van der Waals surface area contributed by atoms with Gasteiger partial charge in [0.1, 0.15) is 6.61 Å². The van der Waals surface area contributed by atoms with E-state index in [1.54, 1.807) is 55.6 Å². The van der Waals surface area contributed by atoms with Gasteiger partial charge in [0.05, 0.1) is 27.7 Å². The van der Waals surface area contributed by atoms with Crippen LogP contribution < -0.4 is 9.47 Å². The van der Waals surface area contributed by atoms with Gasteiger partial charge in [-0.3, -0.25) is 19.8 Å². The number of carboxylic acid groups (broad SMARTS) is 1. The number of amidine groups is 1. The van der Waals surface area contributed by atoms with Crippen molar-refractivity contribution in [1.82, 2.24) is 4.90 Å². The first-order valence-electron chi connectivity index (χ1n) is 11.5. The van der Waals surface area contributed by atoms with Crippen LogP contribution in [0.5, 0.6) is 11.5 Å². The SMILES string of the molecule is CCOc1cc(C=C2SC(=Nc3cccc(C(=O)O)c3)N(C)C2=O)ccc1OCc1ccc([N+](=O)[O-])cc1. The van der Waals surface area contributed by atoms with Crippen molar-refractivity contribution >= 4 is 46.3 Å². The molecule has 3 aromatic carbocycles. The molecule has 1 fully saturated rings. The molecular formula is C27H23N3O7S. The number of hydrogen-bond acceptors (Lipinski definition) is 8. The zero-order valence-electron chi connectivity index (χ0n) is 20.5. The van der Waals surface area contributed by atoms with Crippen LogP contribution in [0.1, 0.15) is 28.4 Å². The predicted molar refractivity (Wildman–Crippen MR) is 144 cm³/mol. The van der Waals surface area contributed by atoms with Crippen LogP contribution in [-0.2, 0) is 11.4 Å². The first-order valence-corrected chi connectivity index (χ1v) is 12.3. The molecule has 0 radical (unpaired) electrons. The van der Waals surface area contributed by atoms with Crippen molar-refractivity contribution in [1.29, 1.82) is 0 Å². The molecule has 1 amide bonds. The molecule has 11 heteroatoms. The van der Waals surface area contributed by atoms with E-state index < -0.39 is 10.9 Å². The van der Waals surface area contributed by atoms with Gasteiger partial charge in [-0.05, 0) is 78.4 Å². The van der Waals surface area contributed by atoms with E-state index in [9.17, 15) is 24.8 Å². The number of rotatable bonds is 9. The second-order valence-corrected chi connectivity index (χ2v) is 9.09. The Labute approximate surface area is 222 Å². The largest absolute Gasteiger partial charge is 0.490 e. The van der Waals surface area contributed by atoms with Gasteiger partial charge in [-0.25, -0.2) is 9.79 Å². The van der Waals surface area contributed by atoms with E-state index in [2.05, 4.69) is 4.99 Å². The third-order valence-electron chi connectivity index (χ3n) is 5.43. The minimum atomic E-state index is -1.05. The summed E-state index contributed by atoms with van der Waals surface area (Å²) in [6, 6.07) is 17.6. The lowest BCUT2D eigenvalue weighted by molar-refractivity contribution is -0.384. The Morgan fingerprint density at radius 3 is 2.55 bits per heavy atom. The maximum atomic E-state index is 12.9. The highest BCUT2D eigenvalue weighted by Crippen LogP contribution is 2.35. The summed E-state index contributed by atoms with van der Waals surface area (Å²) in [6.07, 6.45) is 1.72. The number of aromatic carboxylic acids is 1. The summed E-state index contributed by atoms with van der Waals surface area (Å²) in [5, 5.41) is 20.5. The van der Waals surface area contributed by atoms with E-state index in [4.69, 9.17) is 9.47 Å². The Balaban J connectivity index is 1.52. The topological polar surface area (TPSA) is 132 Å². The van der Waals surface area contributed by atoms with Gasteiger partial charge in [0.15, 0.2) is 16.7 Å². The van der Waals surface area contributed by atoms with Crippen molar-refractivity contribution in [2.45, 2.75) is 13.5 Å². The Hall–Kier alpha value is -4.64. The molecule has 0 saturated carbocycles. The maximum absolute atomic E-state index is 12.9. The van der Waals surface area contributed by atoms with E-state index in [-0.39, 0.29) is 23.8 Å². The molecule has 1 saturated heterocycles. The summed E-state index contributed by atoms with van der Waals surface area (Å²) in [6.45, 7) is 2.44. The van der Waals surface area contributed by atoms with E-state index in [1.165, 1.54) is 40.9 Å². The number of carbonyl (C=O) groups is 2. The van der Waals surface area contributed by atoms with E-state index in [0.717, 1.165) is 11.1 Å². The fourth-order valence-electron chi connectivity index (χ4n) is 3.50. The molecule has 1 aliphatic rings.